The van der Waals surface area contributed by atoms with Gasteiger partial charge in [-0.1, -0.05) is 19.8 Å². The van der Waals surface area contributed by atoms with Gasteiger partial charge in [-0.3, -0.25) is 4.79 Å². The van der Waals surface area contributed by atoms with E-state index in [0.29, 0.717) is 12.0 Å². The van der Waals surface area contributed by atoms with Gasteiger partial charge in [-0.05, 0) is 44.6 Å². The normalized spacial score (nSPS) is 38.0. The van der Waals surface area contributed by atoms with Gasteiger partial charge in [-0.15, -0.1) is 0 Å². The number of carbonyl (C=O) groups excluding carboxylic acids is 1. The molecule has 0 spiro atoms. The second kappa shape index (κ2) is 5.85. The molecular formula is C14H26N2O. The zero-order valence-corrected chi connectivity index (χ0v) is 11.2. The summed E-state index contributed by atoms with van der Waals surface area (Å²) in [6.07, 6.45) is 6.13. The summed E-state index contributed by atoms with van der Waals surface area (Å²) in [4.78, 5) is 12.1. The topological polar surface area (TPSA) is 41.1 Å². The fourth-order valence-electron chi connectivity index (χ4n) is 3.29. The highest BCUT2D eigenvalue weighted by molar-refractivity contribution is 5.79. The van der Waals surface area contributed by atoms with E-state index >= 15 is 0 Å². The molecule has 4 atom stereocenters. The van der Waals surface area contributed by atoms with E-state index in [0.717, 1.165) is 31.8 Å². The van der Waals surface area contributed by atoms with Crippen LogP contribution in [0.1, 0.15) is 46.0 Å². The lowest BCUT2D eigenvalue weighted by molar-refractivity contribution is -0.126. The summed E-state index contributed by atoms with van der Waals surface area (Å²) in [6, 6.07) is 0.338. The number of nitrogens with one attached hydrogen (secondary N) is 2. The molecule has 4 unspecified atom stereocenters. The predicted octanol–water partition coefficient (Wildman–Crippen LogP) is 1.93. The van der Waals surface area contributed by atoms with E-state index in [1.54, 1.807) is 0 Å². The van der Waals surface area contributed by atoms with Gasteiger partial charge in [0.1, 0.15) is 0 Å². The molecule has 1 heterocycles. The second-order valence-electron chi connectivity index (χ2n) is 5.90. The third-order valence-corrected chi connectivity index (χ3v) is 4.68. The van der Waals surface area contributed by atoms with E-state index in [1.807, 2.05) is 0 Å². The van der Waals surface area contributed by atoms with E-state index in [2.05, 4.69) is 24.5 Å². The Bertz CT molecular complexity index is 267. The Kier molecular flexibility index (Phi) is 4.43. The third kappa shape index (κ3) is 3.21. The van der Waals surface area contributed by atoms with E-state index in [4.69, 9.17) is 0 Å². The second-order valence-corrected chi connectivity index (χ2v) is 5.90. The van der Waals surface area contributed by atoms with Crippen molar-refractivity contribution < 1.29 is 4.79 Å². The highest BCUT2D eigenvalue weighted by atomic mass is 16.1. The molecule has 1 amide bonds. The highest BCUT2D eigenvalue weighted by Gasteiger charge is 2.29. The van der Waals surface area contributed by atoms with Gasteiger partial charge in [0, 0.05) is 12.6 Å². The summed E-state index contributed by atoms with van der Waals surface area (Å²) in [7, 11) is 0. The Balaban J connectivity index is 1.76. The molecule has 98 valence electrons. The first-order valence-corrected chi connectivity index (χ1v) is 7.19. The monoisotopic (exact) mass is 238 g/mol. The Morgan fingerprint density at radius 1 is 1.24 bits per heavy atom. The van der Waals surface area contributed by atoms with Crippen LogP contribution in [-0.2, 0) is 4.79 Å². The van der Waals surface area contributed by atoms with E-state index in [-0.39, 0.29) is 11.8 Å². The first kappa shape index (κ1) is 12.9. The zero-order valence-electron chi connectivity index (χ0n) is 11.2. The molecule has 0 aromatic heterocycles. The molecular weight excluding hydrogens is 212 g/mol. The van der Waals surface area contributed by atoms with Crippen molar-refractivity contribution in [3.63, 3.8) is 0 Å². The minimum Gasteiger partial charge on any atom is -0.356 e. The highest BCUT2D eigenvalue weighted by Crippen LogP contribution is 2.30. The van der Waals surface area contributed by atoms with Crippen molar-refractivity contribution in [1.29, 1.82) is 0 Å². The van der Waals surface area contributed by atoms with Crippen molar-refractivity contribution in [3.05, 3.63) is 0 Å². The number of piperidine rings is 1. The fourth-order valence-corrected chi connectivity index (χ4v) is 3.29. The van der Waals surface area contributed by atoms with E-state index in [9.17, 15) is 4.79 Å². The number of hydrogen-bond acceptors (Lipinski definition) is 2. The van der Waals surface area contributed by atoms with Gasteiger partial charge in [-0.2, -0.15) is 0 Å². The van der Waals surface area contributed by atoms with Crippen LogP contribution in [0.2, 0.25) is 0 Å². The van der Waals surface area contributed by atoms with Crippen molar-refractivity contribution in [2.45, 2.75) is 52.0 Å². The largest absolute Gasteiger partial charge is 0.356 e. The van der Waals surface area contributed by atoms with Crippen LogP contribution in [0.5, 0.6) is 0 Å². The van der Waals surface area contributed by atoms with Gasteiger partial charge in [0.2, 0.25) is 5.91 Å². The molecule has 2 N–H and O–H groups in total. The van der Waals surface area contributed by atoms with Gasteiger partial charge in [0.25, 0.3) is 0 Å². The lowest BCUT2D eigenvalue weighted by atomic mass is 9.90. The van der Waals surface area contributed by atoms with Gasteiger partial charge in [0.05, 0.1) is 5.92 Å². The molecule has 1 aliphatic heterocycles. The smallest absolute Gasteiger partial charge is 0.224 e. The Morgan fingerprint density at radius 3 is 2.71 bits per heavy atom. The van der Waals surface area contributed by atoms with Crippen molar-refractivity contribution in [2.75, 3.05) is 13.1 Å². The van der Waals surface area contributed by atoms with Gasteiger partial charge >= 0.3 is 0 Å². The van der Waals surface area contributed by atoms with Gasteiger partial charge in [-0.25, -0.2) is 0 Å². The average Bonchev–Trinajstić information content (AvgIpc) is 2.72. The van der Waals surface area contributed by atoms with Crippen LogP contribution in [-0.4, -0.2) is 25.0 Å². The van der Waals surface area contributed by atoms with Crippen LogP contribution in [0, 0.1) is 17.8 Å². The minimum absolute atomic E-state index is 0.181. The standard InChI is InChI=1S/C14H26N2O/c1-10-5-3-6-12(10)9-16-14(17)13-7-4-8-15-11(13)2/h10-13,15H,3-9H2,1-2H3,(H,16,17). The van der Waals surface area contributed by atoms with E-state index in [1.165, 1.54) is 19.3 Å². The first-order chi connectivity index (χ1) is 8.18. The molecule has 3 heteroatoms. The van der Waals surface area contributed by atoms with Crippen LogP contribution >= 0.6 is 0 Å². The van der Waals surface area contributed by atoms with Gasteiger partial charge in [0.15, 0.2) is 0 Å². The molecule has 17 heavy (non-hydrogen) atoms. The van der Waals surface area contributed by atoms with Crippen LogP contribution in [0.3, 0.4) is 0 Å². The lowest BCUT2D eigenvalue weighted by Gasteiger charge is -2.29. The quantitative estimate of drug-likeness (QED) is 0.789. The fraction of sp³-hybridized carbons (Fsp3) is 0.929. The molecule has 0 radical (unpaired) electrons. The predicted molar refractivity (Wildman–Crippen MR) is 69.7 cm³/mol. The average molecular weight is 238 g/mol. The third-order valence-electron chi connectivity index (χ3n) is 4.68. The Labute approximate surface area is 105 Å². The molecule has 1 saturated heterocycles. The summed E-state index contributed by atoms with van der Waals surface area (Å²) >= 11 is 0. The number of amides is 1. The van der Waals surface area contributed by atoms with Crippen LogP contribution in [0.15, 0.2) is 0 Å². The molecule has 0 aromatic carbocycles. The molecule has 1 aliphatic carbocycles. The van der Waals surface area contributed by atoms with Crippen LogP contribution < -0.4 is 10.6 Å². The maximum atomic E-state index is 12.1. The molecule has 2 aliphatic rings. The first-order valence-electron chi connectivity index (χ1n) is 7.19. The number of hydrogen-bond donors (Lipinski definition) is 2. The van der Waals surface area contributed by atoms with Crippen LogP contribution in [0.25, 0.3) is 0 Å². The maximum absolute atomic E-state index is 12.1. The molecule has 0 aromatic rings. The van der Waals surface area contributed by atoms with Crippen molar-refractivity contribution >= 4 is 5.91 Å². The lowest BCUT2D eigenvalue weighted by Crippen LogP contribution is -2.47. The van der Waals surface area contributed by atoms with E-state index < -0.39 is 0 Å². The summed E-state index contributed by atoms with van der Waals surface area (Å²) in [6.45, 7) is 6.39. The van der Waals surface area contributed by atoms with Gasteiger partial charge < -0.3 is 10.6 Å². The SMILES string of the molecule is CC1CCCC1CNC(=O)C1CCCNC1C. The minimum atomic E-state index is 0.181. The molecule has 1 saturated carbocycles. The number of rotatable bonds is 3. The van der Waals surface area contributed by atoms with Crippen molar-refractivity contribution in [2.24, 2.45) is 17.8 Å². The summed E-state index contributed by atoms with van der Waals surface area (Å²) < 4.78 is 0. The van der Waals surface area contributed by atoms with Crippen molar-refractivity contribution in [3.8, 4) is 0 Å². The van der Waals surface area contributed by atoms with Crippen LogP contribution in [0.4, 0.5) is 0 Å². The zero-order chi connectivity index (χ0) is 12.3. The van der Waals surface area contributed by atoms with Crippen molar-refractivity contribution in [1.82, 2.24) is 10.6 Å². The number of carbonyl (C=O) groups is 1. The molecule has 3 nitrogen and oxygen atoms in total. The maximum Gasteiger partial charge on any atom is 0.224 e. The molecule has 2 fully saturated rings. The summed E-state index contributed by atoms with van der Waals surface area (Å²) in [5.74, 6) is 1.95. The Hall–Kier alpha value is -0.570. The molecule has 2 rings (SSSR count). The summed E-state index contributed by atoms with van der Waals surface area (Å²) in [5, 5.41) is 6.57. The molecule has 0 bridgehead atoms. The Morgan fingerprint density at radius 2 is 2.06 bits per heavy atom. The summed E-state index contributed by atoms with van der Waals surface area (Å²) in [5.41, 5.74) is 0.